The van der Waals surface area contributed by atoms with Gasteiger partial charge in [-0.05, 0) is 27.7 Å². The van der Waals surface area contributed by atoms with Gasteiger partial charge < -0.3 is 9.94 Å². The molecular weight excluding hydrogens is 282 g/mol. The summed E-state index contributed by atoms with van der Waals surface area (Å²) in [7, 11) is 0. The molecule has 0 aromatic heterocycles. The van der Waals surface area contributed by atoms with E-state index in [2.05, 4.69) is 5.48 Å². The topological polar surface area (TPSA) is 84.9 Å². The van der Waals surface area contributed by atoms with Crippen molar-refractivity contribution in [2.45, 2.75) is 70.4 Å². The minimum absolute atomic E-state index is 0.0551. The molecule has 0 spiro atoms. The lowest BCUT2D eigenvalue weighted by Gasteiger charge is -2.26. The number of nitrogens with zero attached hydrogens (tertiary/aromatic N) is 2. The van der Waals surface area contributed by atoms with E-state index in [0.717, 1.165) is 0 Å². The Morgan fingerprint density at radius 3 is 2.29 bits per heavy atom. The molecule has 122 valence electrons. The molecule has 9 nitrogen and oxygen atoms in total. The molecule has 0 bridgehead atoms. The van der Waals surface area contributed by atoms with Crippen molar-refractivity contribution in [3.63, 3.8) is 0 Å². The fourth-order valence-electron chi connectivity index (χ4n) is 2.60. The Bertz CT molecular complexity index is 371. The van der Waals surface area contributed by atoms with Gasteiger partial charge in [-0.15, -0.1) is 0 Å². The molecule has 21 heavy (non-hydrogen) atoms. The van der Waals surface area contributed by atoms with Gasteiger partial charge >= 0.3 is 0 Å². The third kappa shape index (κ3) is 2.81. The monoisotopic (exact) mass is 305 g/mol. The van der Waals surface area contributed by atoms with Gasteiger partial charge in [0, 0.05) is 0 Å². The maximum Gasteiger partial charge on any atom is 0.210 e. The number of hydroxylamine groups is 5. The van der Waals surface area contributed by atoms with Gasteiger partial charge in [0.15, 0.2) is 6.10 Å². The van der Waals surface area contributed by atoms with Crippen molar-refractivity contribution >= 4 is 0 Å². The predicted octanol–water partition coefficient (Wildman–Crippen LogP) is -0.0297. The zero-order valence-electron chi connectivity index (χ0n) is 12.6. The van der Waals surface area contributed by atoms with Crippen LogP contribution in [0.25, 0.3) is 0 Å². The Morgan fingerprint density at radius 2 is 1.71 bits per heavy atom. The first-order chi connectivity index (χ1) is 10.0. The van der Waals surface area contributed by atoms with Gasteiger partial charge in [-0.3, -0.25) is 14.5 Å². The fraction of sp³-hybridized carbons (Fsp3) is 1.00. The first-order valence-electron chi connectivity index (χ1n) is 7.28. The van der Waals surface area contributed by atoms with Gasteiger partial charge in [-0.2, -0.15) is 5.48 Å². The number of hydrogen-bond acceptors (Lipinski definition) is 9. The maximum atomic E-state index is 9.45. The van der Waals surface area contributed by atoms with Crippen LogP contribution in [0.4, 0.5) is 0 Å². The number of nitrogens with one attached hydrogen (secondary N) is 1. The minimum Gasteiger partial charge on any atom is -0.340 e. The summed E-state index contributed by atoms with van der Waals surface area (Å²) < 4.78 is 5.84. The van der Waals surface area contributed by atoms with E-state index in [1.165, 1.54) is 10.5 Å². The minimum atomic E-state index is -0.571. The van der Waals surface area contributed by atoms with Gasteiger partial charge in [0.25, 0.3) is 0 Å². The Kier molecular flexibility index (Phi) is 4.46. The third-order valence-corrected chi connectivity index (χ3v) is 3.66. The largest absolute Gasteiger partial charge is 0.340 e. The molecule has 0 aromatic carbocycles. The molecule has 0 amide bonds. The van der Waals surface area contributed by atoms with Gasteiger partial charge in [-0.25, -0.2) is 4.84 Å². The van der Waals surface area contributed by atoms with Crippen molar-refractivity contribution < 1.29 is 29.3 Å². The molecule has 3 saturated heterocycles. The first-order valence-corrected chi connectivity index (χ1v) is 7.28. The summed E-state index contributed by atoms with van der Waals surface area (Å²) in [5, 5.41) is 12.3. The summed E-state index contributed by atoms with van der Waals surface area (Å²) in [6, 6.07) is -0.306. The Labute approximate surface area is 123 Å². The van der Waals surface area contributed by atoms with Crippen LogP contribution in [0.3, 0.4) is 0 Å². The van der Waals surface area contributed by atoms with Crippen molar-refractivity contribution in [3.8, 4) is 0 Å². The summed E-state index contributed by atoms with van der Waals surface area (Å²) in [4.78, 5) is 22.4. The molecule has 3 aliphatic rings. The molecule has 3 rings (SSSR count). The van der Waals surface area contributed by atoms with Gasteiger partial charge in [-0.1, -0.05) is 10.5 Å². The average molecular weight is 305 g/mol. The maximum absolute atomic E-state index is 9.45. The SMILES string of the molecule is CC(C)N1O[C@H]2O[C@H]([C@H]3CON(C(C)C)O3)[C@@H](NO)[C@H]2O1. The molecule has 3 aliphatic heterocycles. The summed E-state index contributed by atoms with van der Waals surface area (Å²) in [6.07, 6.45) is -1.76. The lowest BCUT2D eigenvalue weighted by atomic mass is 10.0. The number of ether oxygens (including phenoxy) is 1. The summed E-state index contributed by atoms with van der Waals surface area (Å²) >= 11 is 0. The van der Waals surface area contributed by atoms with Crippen LogP contribution in [-0.4, -0.2) is 65.0 Å². The van der Waals surface area contributed by atoms with Crippen LogP contribution in [-0.2, 0) is 24.1 Å². The molecular formula is C12H23N3O6. The van der Waals surface area contributed by atoms with Crippen LogP contribution in [0, 0.1) is 0 Å². The van der Waals surface area contributed by atoms with Gasteiger partial charge in [0.1, 0.15) is 18.8 Å². The van der Waals surface area contributed by atoms with Crippen molar-refractivity contribution in [1.29, 1.82) is 0 Å². The van der Waals surface area contributed by atoms with Crippen LogP contribution in [0.15, 0.2) is 0 Å². The lowest BCUT2D eigenvalue weighted by Crippen LogP contribution is -2.49. The smallest absolute Gasteiger partial charge is 0.210 e. The predicted molar refractivity (Wildman–Crippen MR) is 68.1 cm³/mol. The quantitative estimate of drug-likeness (QED) is 0.695. The Hall–Kier alpha value is -0.360. The van der Waals surface area contributed by atoms with Crippen LogP contribution >= 0.6 is 0 Å². The molecule has 9 heteroatoms. The van der Waals surface area contributed by atoms with E-state index in [1.54, 1.807) is 0 Å². The Morgan fingerprint density at radius 1 is 1.00 bits per heavy atom. The van der Waals surface area contributed by atoms with E-state index in [1.807, 2.05) is 27.7 Å². The average Bonchev–Trinajstić information content (AvgIpc) is 3.11. The zero-order valence-corrected chi connectivity index (χ0v) is 12.6. The van der Waals surface area contributed by atoms with Crippen molar-refractivity contribution in [2.24, 2.45) is 0 Å². The Balaban J connectivity index is 1.64. The van der Waals surface area contributed by atoms with E-state index < -0.39 is 24.5 Å². The van der Waals surface area contributed by atoms with E-state index in [0.29, 0.717) is 6.61 Å². The summed E-state index contributed by atoms with van der Waals surface area (Å²) in [5.41, 5.74) is 2.26. The molecule has 5 atom stereocenters. The van der Waals surface area contributed by atoms with E-state index in [-0.39, 0.29) is 18.2 Å². The molecule has 0 aromatic rings. The molecule has 0 aliphatic carbocycles. The van der Waals surface area contributed by atoms with Crippen LogP contribution in [0.5, 0.6) is 0 Å². The second-order valence-corrected chi connectivity index (χ2v) is 6.00. The summed E-state index contributed by atoms with van der Waals surface area (Å²) in [5.74, 6) is 0. The fourth-order valence-corrected chi connectivity index (χ4v) is 2.60. The highest BCUT2D eigenvalue weighted by molar-refractivity contribution is 4.97. The number of rotatable bonds is 4. The van der Waals surface area contributed by atoms with Crippen molar-refractivity contribution in [1.82, 2.24) is 15.9 Å². The third-order valence-electron chi connectivity index (χ3n) is 3.66. The molecule has 2 N–H and O–H groups in total. The zero-order chi connectivity index (χ0) is 15.1. The first kappa shape index (κ1) is 15.5. The highest BCUT2D eigenvalue weighted by Crippen LogP contribution is 2.35. The molecule has 0 radical (unpaired) electrons. The highest BCUT2D eigenvalue weighted by atomic mass is 17.0. The number of hydrogen-bond donors (Lipinski definition) is 2. The highest BCUT2D eigenvalue weighted by Gasteiger charge is 2.56. The molecule has 3 fully saturated rings. The van der Waals surface area contributed by atoms with E-state index in [4.69, 9.17) is 24.1 Å². The normalized spacial score (nSPS) is 41.6. The van der Waals surface area contributed by atoms with Crippen LogP contribution in [0.1, 0.15) is 27.7 Å². The van der Waals surface area contributed by atoms with Crippen LogP contribution in [0.2, 0.25) is 0 Å². The lowest BCUT2D eigenvalue weighted by molar-refractivity contribution is -0.367. The molecule has 0 saturated carbocycles. The molecule has 3 heterocycles. The second kappa shape index (κ2) is 6.03. The summed E-state index contributed by atoms with van der Waals surface area (Å²) in [6.45, 7) is 8.15. The van der Waals surface area contributed by atoms with Crippen molar-refractivity contribution in [2.75, 3.05) is 6.61 Å². The van der Waals surface area contributed by atoms with Crippen molar-refractivity contribution in [3.05, 3.63) is 0 Å². The number of fused-ring (bicyclic) bond motifs is 1. The second-order valence-electron chi connectivity index (χ2n) is 6.00. The standard InChI is InChI=1S/C12H23N3O6/c1-6(2)14-17-5-8(19-14)10-9(13-16)11-12(18-10)21-15(20-11)7(3)4/h6-13,16H,5H2,1-4H3/t8-,9-,10-,11-,12-/m1/s1. The van der Waals surface area contributed by atoms with E-state index >= 15 is 0 Å². The van der Waals surface area contributed by atoms with Crippen LogP contribution < -0.4 is 5.48 Å². The van der Waals surface area contributed by atoms with Gasteiger partial charge in [0.05, 0.1) is 18.1 Å². The van der Waals surface area contributed by atoms with Gasteiger partial charge in [0.2, 0.25) is 6.29 Å². The van der Waals surface area contributed by atoms with E-state index in [9.17, 15) is 5.21 Å². The molecule has 0 unspecified atom stereocenters.